The van der Waals surface area contributed by atoms with E-state index in [1.165, 1.54) is 12.1 Å². The van der Waals surface area contributed by atoms with E-state index >= 15 is 8.78 Å². The molecule has 5 aliphatic rings. The number of fused-ring (bicyclic) bond motifs is 2. The van der Waals surface area contributed by atoms with Gasteiger partial charge in [-0.15, -0.1) is 11.3 Å². The SMILES string of the molecule is N#Cc1c(N)sc2c(F)ccc(-c3c(Cl)c4c5c(nc(OC[C@@]67CCCN6C[C@H](F)C7)nc5c3F)N(C3CCN(C(=O)[C@@H]5CCCO5)C3)CCO4)c12. The summed E-state index contributed by atoms with van der Waals surface area (Å²) in [4.78, 5) is 28.7. The van der Waals surface area contributed by atoms with Gasteiger partial charge in [-0.2, -0.15) is 15.2 Å². The first kappa shape index (κ1) is 33.7. The number of likely N-dealkylation sites (tertiary alicyclic amines) is 1. The van der Waals surface area contributed by atoms with Crippen LogP contribution in [-0.4, -0.2) is 102 Å². The minimum absolute atomic E-state index is 0.0156. The van der Waals surface area contributed by atoms with Crippen LogP contribution in [0.5, 0.6) is 11.8 Å². The highest BCUT2D eigenvalue weighted by Gasteiger charge is 2.49. The molecular weight excluding hydrogens is 719 g/mol. The van der Waals surface area contributed by atoms with Gasteiger partial charge in [0.2, 0.25) is 0 Å². The Morgan fingerprint density at radius 3 is 2.83 bits per heavy atom. The van der Waals surface area contributed by atoms with Crippen LogP contribution in [0.2, 0.25) is 5.02 Å². The molecular formula is C36H35ClF3N7O4S. The van der Waals surface area contributed by atoms with Gasteiger partial charge in [0.1, 0.15) is 53.7 Å². The highest BCUT2D eigenvalue weighted by atomic mass is 35.5. The van der Waals surface area contributed by atoms with E-state index in [9.17, 15) is 14.4 Å². The summed E-state index contributed by atoms with van der Waals surface area (Å²) in [6, 6.07) is 4.30. The summed E-state index contributed by atoms with van der Waals surface area (Å²) in [6.07, 6.45) is 2.74. The predicted molar refractivity (Wildman–Crippen MR) is 190 cm³/mol. The smallest absolute Gasteiger partial charge is 0.319 e. The molecule has 1 unspecified atom stereocenters. The molecule has 0 aliphatic carbocycles. The van der Waals surface area contributed by atoms with Gasteiger partial charge >= 0.3 is 6.01 Å². The molecule has 4 fully saturated rings. The summed E-state index contributed by atoms with van der Waals surface area (Å²) in [7, 11) is 0. The monoisotopic (exact) mass is 753 g/mol. The summed E-state index contributed by atoms with van der Waals surface area (Å²) in [5.41, 5.74) is 5.52. The molecule has 4 atom stereocenters. The van der Waals surface area contributed by atoms with E-state index in [0.29, 0.717) is 57.9 Å². The molecule has 2 aromatic heterocycles. The van der Waals surface area contributed by atoms with E-state index in [-0.39, 0.29) is 84.6 Å². The van der Waals surface area contributed by atoms with E-state index in [0.717, 1.165) is 37.1 Å². The number of hydrogen-bond donors (Lipinski definition) is 1. The maximum Gasteiger partial charge on any atom is 0.319 e. The van der Waals surface area contributed by atoms with Crippen LogP contribution in [0.25, 0.3) is 32.1 Å². The van der Waals surface area contributed by atoms with E-state index < -0.39 is 29.4 Å². The van der Waals surface area contributed by atoms with E-state index in [1.807, 2.05) is 11.0 Å². The number of thiophene rings is 1. The molecule has 9 rings (SSSR count). The number of carbonyl (C=O) groups excluding carboxylic acids is 1. The number of nitrogens with two attached hydrogens (primary N) is 1. The number of alkyl halides is 1. The molecule has 0 spiro atoms. The standard InChI is InChI=1S/C36H35ClF3N7O4S/c37-27-25(20-4-5-22(39)31-24(20)21(14-41)32(42)52-31)28(40)29-26-30(27)50-12-10-47(19-6-9-45(16-19)34(48)23-3-1-11-49-23)33(26)44-35(43-29)51-17-36-7-2-8-46(36)15-18(38)13-36/h4-5,18-19,23H,1-3,6-13,15-17,42H2/t18-,19?,23+,36+/m1/s1. The Balaban J connectivity index is 1.19. The number of nitrogens with zero attached hydrogens (tertiary/aromatic N) is 6. The fourth-order valence-corrected chi connectivity index (χ4v) is 10.2. The van der Waals surface area contributed by atoms with Crippen molar-refractivity contribution >= 4 is 60.7 Å². The molecule has 0 saturated carbocycles. The topological polar surface area (TPSA) is 130 Å². The Kier molecular flexibility index (Phi) is 8.29. The van der Waals surface area contributed by atoms with Crippen LogP contribution in [0.15, 0.2) is 12.1 Å². The zero-order valence-electron chi connectivity index (χ0n) is 28.1. The van der Waals surface area contributed by atoms with Crippen LogP contribution >= 0.6 is 22.9 Å². The van der Waals surface area contributed by atoms with Crippen molar-refractivity contribution in [2.75, 3.05) is 63.2 Å². The number of amides is 1. The molecule has 5 aliphatic heterocycles. The van der Waals surface area contributed by atoms with Crippen molar-refractivity contribution in [1.82, 2.24) is 19.8 Å². The summed E-state index contributed by atoms with van der Waals surface area (Å²) in [5.74, 6) is -1.00. The van der Waals surface area contributed by atoms with Crippen molar-refractivity contribution < 1.29 is 32.2 Å². The molecule has 2 aromatic carbocycles. The highest BCUT2D eigenvalue weighted by Crippen LogP contribution is 2.51. The lowest BCUT2D eigenvalue weighted by atomic mass is 9.95. The van der Waals surface area contributed by atoms with Gasteiger partial charge in [0.15, 0.2) is 11.6 Å². The quantitative estimate of drug-likeness (QED) is 0.257. The van der Waals surface area contributed by atoms with Gasteiger partial charge in [0.25, 0.3) is 5.91 Å². The Hall–Kier alpha value is -4.10. The normalized spacial score (nSPS) is 25.9. The second kappa shape index (κ2) is 12.8. The van der Waals surface area contributed by atoms with E-state index in [2.05, 4.69) is 9.88 Å². The van der Waals surface area contributed by atoms with Crippen molar-refractivity contribution in [2.45, 2.75) is 62.4 Å². The van der Waals surface area contributed by atoms with Crippen LogP contribution in [0, 0.1) is 23.0 Å². The molecule has 11 nitrogen and oxygen atoms in total. The second-order valence-electron chi connectivity index (χ2n) is 14.3. The highest BCUT2D eigenvalue weighted by molar-refractivity contribution is 7.23. The van der Waals surface area contributed by atoms with Gasteiger partial charge in [-0.05, 0) is 50.3 Å². The molecule has 0 radical (unpaired) electrons. The number of anilines is 2. The fourth-order valence-electron chi connectivity index (χ4n) is 8.92. The number of benzene rings is 2. The number of hydrogen-bond acceptors (Lipinski definition) is 11. The van der Waals surface area contributed by atoms with Crippen LogP contribution in [0.3, 0.4) is 0 Å². The maximum absolute atomic E-state index is 17.3. The number of nitrogen functional groups attached to an aromatic ring is 1. The Bertz CT molecular complexity index is 2180. The summed E-state index contributed by atoms with van der Waals surface area (Å²) < 4.78 is 65.4. The number of aromatic nitrogens is 2. The summed E-state index contributed by atoms with van der Waals surface area (Å²) in [6.45, 7) is 3.20. The average molecular weight is 754 g/mol. The molecule has 7 heterocycles. The number of carbonyl (C=O) groups is 1. The largest absolute Gasteiger partial charge is 0.489 e. The Morgan fingerprint density at radius 1 is 1.15 bits per heavy atom. The number of rotatable bonds is 6. The van der Waals surface area contributed by atoms with Gasteiger partial charge in [0, 0.05) is 49.7 Å². The van der Waals surface area contributed by atoms with E-state index in [1.54, 1.807) is 4.90 Å². The Morgan fingerprint density at radius 2 is 2.02 bits per heavy atom. The first-order valence-corrected chi connectivity index (χ1v) is 18.8. The van der Waals surface area contributed by atoms with Crippen LogP contribution in [0.4, 0.5) is 24.0 Å². The Labute approximate surface area is 306 Å². The number of nitriles is 1. The van der Waals surface area contributed by atoms with Gasteiger partial charge in [-0.1, -0.05) is 17.7 Å². The first-order valence-electron chi connectivity index (χ1n) is 17.6. The summed E-state index contributed by atoms with van der Waals surface area (Å²) in [5, 5.41) is 10.4. The molecule has 16 heteroatoms. The molecule has 52 heavy (non-hydrogen) atoms. The minimum atomic E-state index is -0.969. The van der Waals surface area contributed by atoms with Gasteiger partial charge in [-0.3, -0.25) is 9.69 Å². The summed E-state index contributed by atoms with van der Waals surface area (Å²) >= 11 is 7.97. The third kappa shape index (κ3) is 5.24. The zero-order chi connectivity index (χ0) is 35.9. The average Bonchev–Trinajstić information content (AvgIpc) is 3.96. The fraction of sp³-hybridized carbons (Fsp3) is 0.500. The first-order chi connectivity index (χ1) is 25.2. The predicted octanol–water partition coefficient (Wildman–Crippen LogP) is 5.83. The van der Waals surface area contributed by atoms with Gasteiger partial charge < -0.3 is 29.7 Å². The third-order valence-electron chi connectivity index (χ3n) is 11.3. The lowest BCUT2D eigenvalue weighted by Gasteiger charge is -2.32. The molecule has 0 bridgehead atoms. The van der Waals surface area contributed by atoms with Crippen LogP contribution in [0.1, 0.15) is 44.1 Å². The molecule has 4 aromatic rings. The van der Waals surface area contributed by atoms with Gasteiger partial charge in [0.05, 0.1) is 32.8 Å². The number of halogens is 4. The van der Waals surface area contributed by atoms with Crippen molar-refractivity contribution in [3.05, 3.63) is 34.4 Å². The molecule has 1 amide bonds. The third-order valence-corrected chi connectivity index (χ3v) is 12.7. The van der Waals surface area contributed by atoms with Gasteiger partial charge in [-0.25, -0.2) is 13.2 Å². The minimum Gasteiger partial charge on any atom is -0.489 e. The van der Waals surface area contributed by atoms with Crippen molar-refractivity contribution in [2.24, 2.45) is 0 Å². The zero-order valence-corrected chi connectivity index (χ0v) is 29.7. The lowest BCUT2D eigenvalue weighted by Crippen LogP contribution is -2.44. The van der Waals surface area contributed by atoms with E-state index in [4.69, 9.17) is 36.5 Å². The van der Waals surface area contributed by atoms with Crippen LogP contribution in [-0.2, 0) is 9.53 Å². The molecule has 2 N–H and O–H groups in total. The van der Waals surface area contributed by atoms with Crippen molar-refractivity contribution in [3.8, 4) is 29.0 Å². The van der Waals surface area contributed by atoms with Crippen LogP contribution < -0.4 is 20.1 Å². The maximum atomic E-state index is 17.3. The molecule has 272 valence electrons. The lowest BCUT2D eigenvalue weighted by molar-refractivity contribution is -0.139. The number of ether oxygens (including phenoxy) is 3. The van der Waals surface area contributed by atoms with Crippen molar-refractivity contribution in [3.63, 3.8) is 0 Å². The molecule has 4 saturated heterocycles. The second-order valence-corrected chi connectivity index (χ2v) is 15.7. The van der Waals surface area contributed by atoms with Crippen molar-refractivity contribution in [1.29, 1.82) is 5.26 Å².